The average Bonchev–Trinajstić information content (AvgIpc) is 3.30. The van der Waals surface area contributed by atoms with Crippen molar-refractivity contribution in [2.24, 2.45) is 17.4 Å². The van der Waals surface area contributed by atoms with Crippen LogP contribution in [0.15, 0.2) is 54.6 Å². The molecule has 8 amide bonds. The van der Waals surface area contributed by atoms with Gasteiger partial charge in [-0.25, -0.2) is 4.79 Å². The molecule has 0 aromatic heterocycles. The Kier molecular flexibility index (Phi) is 26.3. The highest BCUT2D eigenvalue weighted by Gasteiger charge is 2.32. The van der Waals surface area contributed by atoms with Crippen LogP contribution in [0.2, 0.25) is 0 Å². The molecule has 0 heterocycles. The van der Waals surface area contributed by atoms with Crippen molar-refractivity contribution in [3.8, 4) is 5.75 Å². The number of aliphatic hydroxyl groups excluding tert-OH is 1. The van der Waals surface area contributed by atoms with Crippen molar-refractivity contribution in [1.29, 1.82) is 0 Å². The number of phenolic OH excluding ortho intramolecular Hbond substituents is 1. The highest BCUT2D eigenvalue weighted by Crippen LogP contribution is 2.13. The average molecular weight is 973 g/mol. The van der Waals surface area contributed by atoms with Gasteiger partial charge in [0.15, 0.2) is 0 Å². The fraction of sp³-hybridized carbons (Fsp3) is 0.533. The summed E-state index contributed by atoms with van der Waals surface area (Å²) in [4.78, 5) is 118. The summed E-state index contributed by atoms with van der Waals surface area (Å²) in [6.45, 7) is 3.46. The van der Waals surface area contributed by atoms with E-state index in [0.717, 1.165) is 0 Å². The van der Waals surface area contributed by atoms with Gasteiger partial charge in [-0.1, -0.05) is 56.3 Å². The lowest BCUT2D eigenvalue weighted by Gasteiger charge is -2.26. The first-order valence-electron chi connectivity index (χ1n) is 22.2. The van der Waals surface area contributed by atoms with E-state index >= 15 is 0 Å². The van der Waals surface area contributed by atoms with E-state index in [1.807, 2.05) is 13.8 Å². The van der Waals surface area contributed by atoms with Crippen LogP contribution in [0.3, 0.4) is 0 Å². The molecule has 0 saturated carbocycles. The number of carboxylic acid groups (broad SMARTS) is 1. The highest BCUT2D eigenvalue weighted by atomic mass is 32.2. The first kappa shape index (κ1) is 57.8. The zero-order valence-electron chi connectivity index (χ0n) is 38.9. The molecular formula is C45H68N10O12S. The number of hydrogen-bond donors (Lipinski definition) is 13. The number of aliphatic hydroxyl groups is 1. The van der Waals surface area contributed by atoms with Crippen LogP contribution in [0.25, 0.3) is 0 Å². The SMILES string of the molecule is CSCC[C@H](NC(=O)[C@H](Cc1ccc(O)cc1)NC(=O)[C@H](C)NC(=O)CNC(=O)[C@H](Cc1ccccc1)NC(=O)CNC(=O)[C@@H](N)CC(C)C)C(=O)N[C@@H](CO)C(=O)N[C@@H](CCCCN)C(=O)O. The summed E-state index contributed by atoms with van der Waals surface area (Å²) in [5, 5.41) is 49.2. The van der Waals surface area contributed by atoms with Gasteiger partial charge in [0.25, 0.3) is 0 Å². The molecule has 7 atom stereocenters. The van der Waals surface area contributed by atoms with Crippen LogP contribution in [-0.2, 0) is 56.0 Å². The molecule has 2 rings (SSSR count). The zero-order chi connectivity index (χ0) is 50.8. The number of nitrogens with two attached hydrogens (primary N) is 2. The molecule has 15 N–H and O–H groups in total. The monoisotopic (exact) mass is 972 g/mol. The van der Waals surface area contributed by atoms with Crippen LogP contribution in [0.1, 0.15) is 64.0 Å². The molecule has 376 valence electrons. The molecule has 68 heavy (non-hydrogen) atoms. The van der Waals surface area contributed by atoms with Gasteiger partial charge in [0.1, 0.15) is 42.0 Å². The maximum Gasteiger partial charge on any atom is 0.326 e. The Bertz CT molecular complexity index is 1980. The fourth-order valence-corrected chi connectivity index (χ4v) is 6.98. The van der Waals surface area contributed by atoms with E-state index in [2.05, 4.69) is 42.5 Å². The van der Waals surface area contributed by atoms with E-state index in [1.54, 1.807) is 36.6 Å². The Morgan fingerprint density at radius 2 is 1.12 bits per heavy atom. The van der Waals surface area contributed by atoms with E-state index < -0.39 is 115 Å². The van der Waals surface area contributed by atoms with Crippen molar-refractivity contribution < 1.29 is 58.5 Å². The second kappa shape index (κ2) is 30.9. The van der Waals surface area contributed by atoms with Crippen molar-refractivity contribution in [3.05, 3.63) is 65.7 Å². The van der Waals surface area contributed by atoms with Gasteiger partial charge >= 0.3 is 5.97 Å². The number of amides is 8. The van der Waals surface area contributed by atoms with E-state index in [-0.39, 0.29) is 37.4 Å². The molecule has 0 unspecified atom stereocenters. The van der Waals surface area contributed by atoms with Gasteiger partial charge in [-0.15, -0.1) is 0 Å². The topological polar surface area (TPSA) is 363 Å². The van der Waals surface area contributed by atoms with E-state index in [1.165, 1.54) is 43.0 Å². The molecule has 0 spiro atoms. The molecule has 0 fully saturated rings. The van der Waals surface area contributed by atoms with Gasteiger partial charge in [0.05, 0.1) is 25.7 Å². The van der Waals surface area contributed by atoms with Gasteiger partial charge in [-0.3, -0.25) is 38.4 Å². The lowest BCUT2D eigenvalue weighted by atomic mass is 10.0. The summed E-state index contributed by atoms with van der Waals surface area (Å²) in [7, 11) is 0. The van der Waals surface area contributed by atoms with Crippen LogP contribution < -0.4 is 54.0 Å². The number of aromatic hydroxyl groups is 1. The number of benzene rings is 2. The first-order chi connectivity index (χ1) is 32.3. The maximum atomic E-state index is 13.9. The molecule has 0 aliphatic carbocycles. The molecule has 0 aliphatic rings. The number of unbranched alkanes of at least 4 members (excludes halogenated alkanes) is 1. The number of carboxylic acids is 1. The largest absolute Gasteiger partial charge is 0.508 e. The quantitative estimate of drug-likeness (QED) is 0.0353. The fourth-order valence-electron chi connectivity index (χ4n) is 6.51. The third kappa shape index (κ3) is 22.0. The van der Waals surface area contributed by atoms with Crippen LogP contribution in [0.5, 0.6) is 5.75 Å². The van der Waals surface area contributed by atoms with Crippen molar-refractivity contribution in [3.63, 3.8) is 0 Å². The number of hydrogen-bond acceptors (Lipinski definition) is 14. The molecular weight excluding hydrogens is 905 g/mol. The minimum Gasteiger partial charge on any atom is -0.508 e. The molecule has 0 radical (unpaired) electrons. The number of carbonyl (C=O) groups excluding carboxylic acids is 8. The Morgan fingerprint density at radius 3 is 1.69 bits per heavy atom. The molecule has 2 aromatic rings. The Hall–Kier alpha value is -6.30. The number of nitrogens with one attached hydrogen (secondary N) is 8. The number of carbonyl (C=O) groups is 9. The molecule has 0 aliphatic heterocycles. The predicted molar refractivity (Wildman–Crippen MR) is 253 cm³/mol. The first-order valence-corrected chi connectivity index (χ1v) is 23.6. The van der Waals surface area contributed by atoms with Gasteiger partial charge in [0, 0.05) is 12.8 Å². The Balaban J connectivity index is 2.17. The van der Waals surface area contributed by atoms with Gasteiger partial charge in [0.2, 0.25) is 47.3 Å². The zero-order valence-corrected chi connectivity index (χ0v) is 39.7. The molecule has 0 saturated heterocycles. The second-order valence-electron chi connectivity index (χ2n) is 16.5. The third-order valence-corrected chi connectivity index (χ3v) is 10.9. The highest BCUT2D eigenvalue weighted by molar-refractivity contribution is 7.98. The van der Waals surface area contributed by atoms with Crippen molar-refractivity contribution in [1.82, 2.24) is 42.5 Å². The van der Waals surface area contributed by atoms with Crippen LogP contribution in [-0.4, -0.2) is 149 Å². The van der Waals surface area contributed by atoms with E-state index in [9.17, 15) is 58.5 Å². The standard InChI is InChI=1S/C45H68N10O12S/c1-26(2)20-31(47)40(61)48-24-38(59)51-34(21-28-10-6-5-7-11-28)41(62)49-23-37(58)50-27(3)39(60)54-35(22-29-13-15-30(57)16-14-29)43(64)52-32(17-19-68-4)42(63)55-36(25-56)44(65)53-33(45(66)67)12-8-9-18-46/h5-7,10-11,13-16,26-27,31-36,56-57H,8-9,12,17-25,46-47H2,1-4H3,(H,48,61)(H,49,62)(H,50,58)(H,51,59)(H,52,64)(H,53,65)(H,54,60)(H,55,63)(H,66,67)/t27-,31-,32-,33-,34-,35-,36-/m0/s1. The number of aliphatic carboxylic acids is 1. The number of rotatable bonds is 31. The summed E-state index contributed by atoms with van der Waals surface area (Å²) in [6.07, 6.45) is 3.03. The summed E-state index contributed by atoms with van der Waals surface area (Å²) < 4.78 is 0. The van der Waals surface area contributed by atoms with E-state index in [0.29, 0.717) is 42.7 Å². The third-order valence-electron chi connectivity index (χ3n) is 10.2. The summed E-state index contributed by atoms with van der Waals surface area (Å²) >= 11 is 1.34. The minimum atomic E-state index is -1.58. The van der Waals surface area contributed by atoms with Gasteiger partial charge in [-0.05, 0) is 86.8 Å². The minimum absolute atomic E-state index is 0.0322. The predicted octanol–water partition coefficient (Wildman–Crippen LogP) is -2.33. The summed E-state index contributed by atoms with van der Waals surface area (Å²) in [5.74, 6) is -7.19. The molecule has 23 heteroatoms. The molecule has 2 aromatic carbocycles. The molecule has 22 nitrogen and oxygen atoms in total. The molecule has 0 bridgehead atoms. The second-order valence-corrected chi connectivity index (χ2v) is 17.5. The Labute approximate surface area is 400 Å². The van der Waals surface area contributed by atoms with Gasteiger partial charge < -0.3 is 69.3 Å². The number of phenols is 1. The lowest BCUT2D eigenvalue weighted by molar-refractivity contribution is -0.142. The van der Waals surface area contributed by atoms with E-state index in [4.69, 9.17) is 11.5 Å². The Morgan fingerprint density at radius 1 is 0.603 bits per heavy atom. The summed E-state index contributed by atoms with van der Waals surface area (Å²) in [5.41, 5.74) is 12.6. The maximum absolute atomic E-state index is 13.9. The van der Waals surface area contributed by atoms with Crippen molar-refractivity contribution in [2.75, 3.05) is 38.2 Å². The van der Waals surface area contributed by atoms with Crippen LogP contribution in [0, 0.1) is 5.92 Å². The smallest absolute Gasteiger partial charge is 0.326 e. The van der Waals surface area contributed by atoms with Crippen molar-refractivity contribution >= 4 is 65.0 Å². The summed E-state index contributed by atoms with van der Waals surface area (Å²) in [6, 6.07) is 5.60. The lowest BCUT2D eigenvalue weighted by Crippen LogP contribution is -2.59. The normalized spacial score (nSPS) is 14.1. The van der Waals surface area contributed by atoms with Crippen LogP contribution in [0.4, 0.5) is 0 Å². The number of thioether (sulfide) groups is 1. The van der Waals surface area contributed by atoms with Gasteiger partial charge in [-0.2, -0.15) is 11.8 Å². The van der Waals surface area contributed by atoms with Crippen molar-refractivity contribution in [2.45, 2.75) is 108 Å². The van der Waals surface area contributed by atoms with Crippen LogP contribution >= 0.6 is 11.8 Å².